The first-order chi connectivity index (χ1) is 16.4. The Hall–Kier alpha value is -3.06. The lowest BCUT2D eigenvalue weighted by Gasteiger charge is -2.33. The standard InChI is InChI=1S/C27H36N4O3/c1-18-10-12-31(13-11-18)25-9-7-21(16-23(25)26(32)28-17-22-5-4-14-34-22)29-27(33)30-24-8-6-19(2)15-20(24)3/h6-9,15-16,18,22H,4-5,10-14,17H2,1-3H3,(H,28,32)(H2,29,30,33)/t22-/m1/s1. The molecule has 2 heterocycles. The highest BCUT2D eigenvalue weighted by Crippen LogP contribution is 2.29. The van der Waals surface area contributed by atoms with E-state index in [9.17, 15) is 9.59 Å². The maximum Gasteiger partial charge on any atom is 0.323 e. The van der Waals surface area contributed by atoms with Crippen molar-refractivity contribution in [2.45, 2.75) is 52.6 Å². The number of piperidine rings is 1. The van der Waals surface area contributed by atoms with Crippen molar-refractivity contribution < 1.29 is 14.3 Å². The Kier molecular flexibility index (Phi) is 7.73. The van der Waals surface area contributed by atoms with Crippen LogP contribution in [0.2, 0.25) is 0 Å². The van der Waals surface area contributed by atoms with Gasteiger partial charge in [-0.05, 0) is 75.3 Å². The van der Waals surface area contributed by atoms with Crippen LogP contribution in [0.4, 0.5) is 21.9 Å². The summed E-state index contributed by atoms with van der Waals surface area (Å²) in [6.07, 6.45) is 4.29. The highest BCUT2D eigenvalue weighted by molar-refractivity contribution is 6.04. The van der Waals surface area contributed by atoms with Crippen LogP contribution >= 0.6 is 0 Å². The zero-order chi connectivity index (χ0) is 24.1. The van der Waals surface area contributed by atoms with Crippen molar-refractivity contribution in [2.24, 2.45) is 5.92 Å². The molecule has 3 amide bonds. The SMILES string of the molecule is Cc1ccc(NC(=O)Nc2ccc(N3CCC(C)CC3)c(C(=O)NC[C@H]3CCCO3)c2)c(C)c1. The summed E-state index contributed by atoms with van der Waals surface area (Å²) in [6, 6.07) is 11.1. The zero-order valence-corrected chi connectivity index (χ0v) is 20.4. The molecule has 0 saturated carbocycles. The Labute approximate surface area is 202 Å². The summed E-state index contributed by atoms with van der Waals surface area (Å²) < 4.78 is 5.66. The van der Waals surface area contributed by atoms with E-state index < -0.39 is 0 Å². The van der Waals surface area contributed by atoms with E-state index in [4.69, 9.17) is 4.74 Å². The Morgan fingerprint density at radius 2 is 1.82 bits per heavy atom. The number of benzene rings is 2. The van der Waals surface area contributed by atoms with Crippen LogP contribution < -0.4 is 20.9 Å². The highest BCUT2D eigenvalue weighted by Gasteiger charge is 2.23. The molecule has 34 heavy (non-hydrogen) atoms. The summed E-state index contributed by atoms with van der Waals surface area (Å²) in [5.41, 5.74) is 4.98. The van der Waals surface area contributed by atoms with Crippen molar-refractivity contribution in [2.75, 3.05) is 41.8 Å². The largest absolute Gasteiger partial charge is 0.376 e. The fraction of sp³-hybridized carbons (Fsp3) is 0.481. The van der Waals surface area contributed by atoms with Gasteiger partial charge in [0.2, 0.25) is 0 Å². The van der Waals surface area contributed by atoms with E-state index in [1.807, 2.05) is 44.2 Å². The van der Waals surface area contributed by atoms with Gasteiger partial charge in [-0.15, -0.1) is 0 Å². The third kappa shape index (κ3) is 6.08. The third-order valence-corrected chi connectivity index (χ3v) is 6.77. The minimum atomic E-state index is -0.336. The number of nitrogens with zero attached hydrogens (tertiary/aromatic N) is 1. The predicted molar refractivity (Wildman–Crippen MR) is 137 cm³/mol. The van der Waals surface area contributed by atoms with Crippen LogP contribution in [0, 0.1) is 19.8 Å². The molecule has 2 aliphatic rings. The molecular weight excluding hydrogens is 428 g/mol. The fourth-order valence-corrected chi connectivity index (χ4v) is 4.67. The number of amides is 3. The van der Waals surface area contributed by atoms with Gasteiger partial charge >= 0.3 is 6.03 Å². The van der Waals surface area contributed by atoms with E-state index in [0.717, 1.165) is 67.9 Å². The predicted octanol–water partition coefficient (Wildman–Crippen LogP) is 5.09. The number of aryl methyl sites for hydroxylation is 2. The molecule has 7 heteroatoms. The third-order valence-electron chi connectivity index (χ3n) is 6.77. The van der Waals surface area contributed by atoms with Gasteiger partial charge in [0.05, 0.1) is 11.7 Å². The molecule has 0 unspecified atom stereocenters. The quantitative estimate of drug-likeness (QED) is 0.556. The van der Waals surface area contributed by atoms with Gasteiger partial charge in [-0.2, -0.15) is 0 Å². The summed E-state index contributed by atoms with van der Waals surface area (Å²) in [4.78, 5) is 28.2. The summed E-state index contributed by atoms with van der Waals surface area (Å²) in [5, 5.41) is 8.83. The minimum absolute atomic E-state index is 0.0769. The molecule has 7 nitrogen and oxygen atoms in total. The van der Waals surface area contributed by atoms with Crippen LogP contribution in [-0.4, -0.2) is 44.3 Å². The molecule has 4 rings (SSSR count). The van der Waals surface area contributed by atoms with E-state index in [-0.39, 0.29) is 18.0 Å². The Balaban J connectivity index is 1.50. The molecule has 0 radical (unpaired) electrons. The number of anilines is 3. The van der Waals surface area contributed by atoms with Gasteiger partial charge in [0.25, 0.3) is 5.91 Å². The average molecular weight is 465 g/mol. The second-order valence-corrected chi connectivity index (χ2v) is 9.64. The van der Waals surface area contributed by atoms with Crippen molar-refractivity contribution in [1.82, 2.24) is 5.32 Å². The molecule has 1 atom stereocenters. The number of carbonyl (C=O) groups excluding carboxylic acids is 2. The molecule has 2 aromatic rings. The number of rotatable bonds is 6. The summed E-state index contributed by atoms with van der Waals surface area (Å²) in [5.74, 6) is 0.561. The number of nitrogens with one attached hydrogen (secondary N) is 3. The van der Waals surface area contributed by atoms with E-state index in [0.29, 0.717) is 23.7 Å². The van der Waals surface area contributed by atoms with Crippen LogP contribution in [0.15, 0.2) is 36.4 Å². The van der Waals surface area contributed by atoms with E-state index >= 15 is 0 Å². The second kappa shape index (κ2) is 10.9. The van der Waals surface area contributed by atoms with Crippen LogP contribution in [0.3, 0.4) is 0 Å². The molecule has 0 aliphatic carbocycles. The van der Waals surface area contributed by atoms with Gasteiger partial charge in [0.1, 0.15) is 0 Å². The summed E-state index contributed by atoms with van der Waals surface area (Å²) >= 11 is 0. The van der Waals surface area contributed by atoms with Gasteiger partial charge in [0.15, 0.2) is 0 Å². The maximum atomic E-state index is 13.2. The molecule has 2 fully saturated rings. The van der Waals surface area contributed by atoms with E-state index in [2.05, 4.69) is 27.8 Å². The smallest absolute Gasteiger partial charge is 0.323 e. The Bertz CT molecular complexity index is 1020. The molecule has 3 N–H and O–H groups in total. The molecule has 2 saturated heterocycles. The average Bonchev–Trinajstić information content (AvgIpc) is 3.34. The lowest BCUT2D eigenvalue weighted by atomic mass is 9.97. The van der Waals surface area contributed by atoms with Crippen LogP contribution in [-0.2, 0) is 4.74 Å². The Morgan fingerprint density at radius 3 is 2.53 bits per heavy atom. The minimum Gasteiger partial charge on any atom is -0.376 e. The van der Waals surface area contributed by atoms with E-state index in [1.165, 1.54) is 0 Å². The Morgan fingerprint density at radius 1 is 1.03 bits per heavy atom. The number of urea groups is 1. The van der Waals surface area contributed by atoms with Gasteiger partial charge in [-0.25, -0.2) is 4.79 Å². The van der Waals surface area contributed by atoms with Crippen molar-refractivity contribution >= 4 is 29.0 Å². The monoisotopic (exact) mass is 464 g/mol. The lowest BCUT2D eigenvalue weighted by Crippen LogP contribution is -2.36. The molecule has 0 bridgehead atoms. The van der Waals surface area contributed by atoms with Gasteiger partial charge in [-0.3, -0.25) is 4.79 Å². The summed E-state index contributed by atoms with van der Waals surface area (Å²) in [6.45, 7) is 9.36. The first-order valence-electron chi connectivity index (χ1n) is 12.3. The van der Waals surface area contributed by atoms with Gasteiger partial charge in [-0.1, -0.05) is 24.6 Å². The van der Waals surface area contributed by atoms with Crippen LogP contribution in [0.5, 0.6) is 0 Å². The van der Waals surface area contributed by atoms with Crippen molar-refractivity contribution in [1.29, 1.82) is 0 Å². The highest BCUT2D eigenvalue weighted by atomic mass is 16.5. The molecular formula is C27H36N4O3. The first kappa shape index (κ1) is 24.1. The van der Waals surface area contributed by atoms with Crippen molar-refractivity contribution in [3.8, 4) is 0 Å². The van der Waals surface area contributed by atoms with Crippen LogP contribution in [0.25, 0.3) is 0 Å². The lowest BCUT2D eigenvalue weighted by molar-refractivity contribution is 0.0858. The molecule has 0 aromatic heterocycles. The van der Waals surface area contributed by atoms with Gasteiger partial charge < -0.3 is 25.6 Å². The molecule has 2 aromatic carbocycles. The first-order valence-corrected chi connectivity index (χ1v) is 12.3. The number of hydrogen-bond acceptors (Lipinski definition) is 4. The van der Waals surface area contributed by atoms with E-state index in [1.54, 1.807) is 6.07 Å². The molecule has 182 valence electrons. The fourth-order valence-electron chi connectivity index (χ4n) is 4.67. The van der Waals surface area contributed by atoms with Crippen LogP contribution in [0.1, 0.15) is 54.1 Å². The van der Waals surface area contributed by atoms with Crippen molar-refractivity contribution in [3.05, 3.63) is 53.1 Å². The molecule has 2 aliphatic heterocycles. The van der Waals surface area contributed by atoms with Crippen molar-refractivity contribution in [3.63, 3.8) is 0 Å². The number of hydrogen-bond donors (Lipinski definition) is 3. The maximum absolute atomic E-state index is 13.2. The normalized spacial score (nSPS) is 18.6. The number of ether oxygens (including phenoxy) is 1. The topological polar surface area (TPSA) is 82.7 Å². The summed E-state index contributed by atoms with van der Waals surface area (Å²) in [7, 11) is 0. The second-order valence-electron chi connectivity index (χ2n) is 9.64. The zero-order valence-electron chi connectivity index (χ0n) is 20.4. The number of carbonyl (C=O) groups is 2. The van der Waals surface area contributed by atoms with Gasteiger partial charge in [0, 0.05) is 43.3 Å². The molecule has 0 spiro atoms.